The van der Waals surface area contributed by atoms with Gasteiger partial charge in [0.1, 0.15) is 6.07 Å². The Morgan fingerprint density at radius 1 is 1.10 bits per heavy atom. The quantitative estimate of drug-likeness (QED) is 0.307. The number of carbonyl (C=O) groups is 4. The van der Waals surface area contributed by atoms with Crippen molar-refractivity contribution in [2.45, 2.75) is 25.1 Å². The summed E-state index contributed by atoms with van der Waals surface area (Å²) in [6, 6.07) is 8.47. The van der Waals surface area contributed by atoms with Crippen LogP contribution in [-0.2, 0) is 16.6 Å². The second-order valence-electron chi connectivity index (χ2n) is 10.9. The Balaban J connectivity index is 0.000000727. The predicted octanol–water partition coefficient (Wildman–Crippen LogP) is 3.84. The molecule has 0 bridgehead atoms. The van der Waals surface area contributed by atoms with E-state index in [9.17, 15) is 36.3 Å². The van der Waals surface area contributed by atoms with E-state index in [2.05, 4.69) is 15.6 Å². The van der Waals surface area contributed by atoms with E-state index in [1.165, 1.54) is 48.1 Å². The third kappa shape index (κ3) is 8.65. The number of nitriles is 1. The number of amides is 3. The summed E-state index contributed by atoms with van der Waals surface area (Å²) in [5.41, 5.74) is 0.540. The fourth-order valence-electron chi connectivity index (χ4n) is 5.19. The number of imidazole rings is 1. The Morgan fingerprint density at radius 3 is 2.34 bits per heavy atom. The highest BCUT2D eigenvalue weighted by molar-refractivity contribution is 6.34. The molecule has 2 aliphatic rings. The number of anilines is 1. The number of piperazine rings is 1. The maximum absolute atomic E-state index is 14.8. The number of hydrogen-bond acceptors (Lipinski definition) is 8. The summed E-state index contributed by atoms with van der Waals surface area (Å²) in [4.78, 5) is 55.2. The molecule has 3 aromatic rings. The highest BCUT2D eigenvalue weighted by atomic mass is 35.5. The van der Waals surface area contributed by atoms with Gasteiger partial charge in [-0.25, -0.2) is 14.2 Å². The number of ether oxygens (including phenoxy) is 1. The summed E-state index contributed by atoms with van der Waals surface area (Å²) in [7, 11) is 1.47. The molecule has 3 N–H and O–H groups in total. The van der Waals surface area contributed by atoms with Gasteiger partial charge in [-0.3, -0.25) is 14.4 Å². The molecule has 3 amide bonds. The lowest BCUT2D eigenvalue weighted by atomic mass is 10.1. The SMILES string of the molecule is Cn1c(-c2ccc(OCC#N)c(F)c2F)cnc1C(=O)Nc1ccc(C(=O)N2CCN(C(=O)[C@@H]3CCCN3)CC2)c(Cl)c1.O=C(O)C(F)(F)F. The molecule has 19 heteroatoms. The van der Waals surface area contributed by atoms with Crippen molar-refractivity contribution >= 4 is 41.0 Å². The van der Waals surface area contributed by atoms with Crippen LogP contribution in [0.3, 0.4) is 0 Å². The van der Waals surface area contributed by atoms with E-state index in [4.69, 9.17) is 31.5 Å². The van der Waals surface area contributed by atoms with Gasteiger partial charge in [0.2, 0.25) is 11.7 Å². The first-order valence-electron chi connectivity index (χ1n) is 14.9. The van der Waals surface area contributed by atoms with Crippen molar-refractivity contribution in [2.24, 2.45) is 7.05 Å². The lowest BCUT2D eigenvalue weighted by molar-refractivity contribution is -0.192. The Kier molecular flexibility index (Phi) is 12.0. The predicted molar refractivity (Wildman–Crippen MR) is 166 cm³/mol. The molecule has 0 unspecified atom stereocenters. The van der Waals surface area contributed by atoms with Gasteiger partial charge in [0.25, 0.3) is 11.8 Å². The number of nitrogens with zero attached hydrogens (tertiary/aromatic N) is 5. The zero-order valence-electron chi connectivity index (χ0n) is 26.2. The van der Waals surface area contributed by atoms with E-state index in [0.717, 1.165) is 19.4 Å². The number of rotatable bonds is 7. The highest BCUT2D eigenvalue weighted by Gasteiger charge is 2.38. The molecule has 0 radical (unpaired) electrons. The third-order valence-electron chi connectivity index (χ3n) is 7.74. The molecule has 2 aliphatic heterocycles. The van der Waals surface area contributed by atoms with Gasteiger partial charge in [0.15, 0.2) is 24.0 Å². The van der Waals surface area contributed by atoms with Crippen molar-refractivity contribution in [1.29, 1.82) is 5.26 Å². The number of nitrogens with one attached hydrogen (secondary N) is 2. The van der Waals surface area contributed by atoms with E-state index in [1.54, 1.807) is 15.9 Å². The molecular formula is C31H29ClF5N7O6. The number of alkyl halides is 3. The molecule has 0 spiro atoms. The maximum Gasteiger partial charge on any atom is 0.490 e. The zero-order chi connectivity index (χ0) is 36.7. The molecule has 2 saturated heterocycles. The van der Waals surface area contributed by atoms with Crippen LogP contribution in [0.5, 0.6) is 5.75 Å². The van der Waals surface area contributed by atoms with Crippen LogP contribution in [0, 0.1) is 23.0 Å². The lowest BCUT2D eigenvalue weighted by Gasteiger charge is -2.36. The van der Waals surface area contributed by atoms with Gasteiger partial charge in [-0.2, -0.15) is 22.8 Å². The van der Waals surface area contributed by atoms with Crippen molar-refractivity contribution in [3.63, 3.8) is 0 Å². The summed E-state index contributed by atoms with van der Waals surface area (Å²) < 4.78 is 67.1. The highest BCUT2D eigenvalue weighted by Crippen LogP contribution is 2.30. The van der Waals surface area contributed by atoms with Crippen LogP contribution >= 0.6 is 11.6 Å². The number of benzene rings is 2. The van der Waals surface area contributed by atoms with Crippen LogP contribution in [0.25, 0.3) is 11.3 Å². The number of aliphatic carboxylic acids is 1. The van der Waals surface area contributed by atoms with Crippen LogP contribution in [0.15, 0.2) is 36.5 Å². The monoisotopic (exact) mass is 725 g/mol. The van der Waals surface area contributed by atoms with Crippen LogP contribution in [0.2, 0.25) is 5.02 Å². The second kappa shape index (κ2) is 16.0. The van der Waals surface area contributed by atoms with E-state index in [1.807, 2.05) is 0 Å². The van der Waals surface area contributed by atoms with Crippen LogP contribution in [0.4, 0.5) is 27.6 Å². The van der Waals surface area contributed by atoms with E-state index in [-0.39, 0.29) is 45.5 Å². The maximum atomic E-state index is 14.8. The minimum Gasteiger partial charge on any atom is -0.476 e. The van der Waals surface area contributed by atoms with Crippen LogP contribution < -0.4 is 15.4 Å². The number of aromatic nitrogens is 2. The fourth-order valence-corrected chi connectivity index (χ4v) is 5.45. The van der Waals surface area contributed by atoms with Gasteiger partial charge < -0.3 is 34.8 Å². The normalized spacial score (nSPS) is 15.8. The summed E-state index contributed by atoms with van der Waals surface area (Å²) in [5.74, 6) is -6.58. The molecule has 0 saturated carbocycles. The molecule has 50 heavy (non-hydrogen) atoms. The second-order valence-corrected chi connectivity index (χ2v) is 11.3. The molecule has 2 aromatic carbocycles. The molecule has 3 heterocycles. The number of hydrogen-bond donors (Lipinski definition) is 3. The number of carboxylic acid groups (broad SMARTS) is 1. The van der Waals surface area contributed by atoms with Crippen molar-refractivity contribution in [1.82, 2.24) is 24.7 Å². The van der Waals surface area contributed by atoms with Crippen LogP contribution in [0.1, 0.15) is 33.8 Å². The average molecular weight is 726 g/mol. The van der Waals surface area contributed by atoms with Crippen molar-refractivity contribution in [3.05, 3.63) is 64.6 Å². The van der Waals surface area contributed by atoms with E-state index >= 15 is 0 Å². The average Bonchev–Trinajstić information content (AvgIpc) is 3.75. The summed E-state index contributed by atoms with van der Waals surface area (Å²) in [6.07, 6.45) is -2.05. The smallest absolute Gasteiger partial charge is 0.476 e. The van der Waals surface area contributed by atoms with Crippen molar-refractivity contribution in [3.8, 4) is 23.1 Å². The van der Waals surface area contributed by atoms with E-state index in [0.29, 0.717) is 31.9 Å². The van der Waals surface area contributed by atoms with Gasteiger partial charge in [0.05, 0.1) is 28.5 Å². The number of carboxylic acids is 1. The topological polar surface area (TPSA) is 170 Å². The molecule has 266 valence electrons. The third-order valence-corrected chi connectivity index (χ3v) is 8.06. The summed E-state index contributed by atoms with van der Waals surface area (Å²) in [6.45, 7) is 2.04. The molecule has 13 nitrogen and oxygen atoms in total. The molecule has 2 fully saturated rings. The molecule has 0 aliphatic carbocycles. The van der Waals surface area contributed by atoms with Crippen LogP contribution in [-0.4, -0.2) is 99.7 Å². The first-order chi connectivity index (χ1) is 23.6. The van der Waals surface area contributed by atoms with Gasteiger partial charge >= 0.3 is 12.1 Å². The zero-order valence-corrected chi connectivity index (χ0v) is 26.9. The van der Waals surface area contributed by atoms with Gasteiger partial charge in [-0.1, -0.05) is 11.6 Å². The molecular weight excluding hydrogens is 697 g/mol. The first-order valence-corrected chi connectivity index (χ1v) is 15.2. The Bertz CT molecular complexity index is 1820. The minimum atomic E-state index is -5.08. The molecule has 5 rings (SSSR count). The van der Waals surface area contributed by atoms with Crippen molar-refractivity contribution < 1.29 is 51.0 Å². The number of halogens is 6. The standard InChI is InChI=1S/C29H28ClF2N7O4.C2HF3O2/c1-37-22(19-6-7-23(43-14-8-33)25(32)24(19)31)16-35-26(37)27(40)36-17-4-5-18(20(30)15-17)28(41)38-10-12-39(13-11-38)29(42)21-3-2-9-34-21;3-2(4,5)1(6)7/h4-7,15-16,21,34H,2-3,9-14H2,1H3,(H,36,40);(H,6,7)/t21-;/m0./s1. The lowest BCUT2D eigenvalue weighted by Crippen LogP contribution is -2.54. The Morgan fingerprint density at radius 2 is 1.76 bits per heavy atom. The van der Waals surface area contributed by atoms with Crippen molar-refractivity contribution in [2.75, 3.05) is 44.6 Å². The molecule has 1 aromatic heterocycles. The minimum absolute atomic E-state index is 0.0689. The van der Waals surface area contributed by atoms with Gasteiger partial charge in [0, 0.05) is 44.5 Å². The first kappa shape index (κ1) is 37.5. The fraction of sp³-hybridized carbons (Fsp3) is 0.355. The number of carbonyl (C=O) groups excluding carboxylic acids is 3. The molecule has 1 atom stereocenters. The van der Waals surface area contributed by atoms with Gasteiger partial charge in [-0.15, -0.1) is 0 Å². The Hall–Kier alpha value is -5.28. The summed E-state index contributed by atoms with van der Waals surface area (Å²) >= 11 is 6.43. The largest absolute Gasteiger partial charge is 0.490 e. The van der Waals surface area contributed by atoms with Gasteiger partial charge in [-0.05, 0) is 49.7 Å². The Labute approximate surface area is 286 Å². The van der Waals surface area contributed by atoms with E-state index < -0.39 is 42.0 Å². The summed E-state index contributed by atoms with van der Waals surface area (Å²) in [5, 5.41) is 21.7.